The molecule has 0 N–H and O–H groups in total. The molecule has 0 unspecified atom stereocenters. The molecule has 1 aromatic carbocycles. The Morgan fingerprint density at radius 1 is 1.00 bits per heavy atom. The van der Waals surface area contributed by atoms with Crippen LogP contribution in [-0.2, 0) is 0 Å². The summed E-state index contributed by atoms with van der Waals surface area (Å²) in [5.74, 6) is 0.644. The highest BCUT2D eigenvalue weighted by molar-refractivity contribution is 6.32. The highest BCUT2D eigenvalue weighted by atomic mass is 16.5. The molecule has 0 bridgehead atoms. The fourth-order valence-electron chi connectivity index (χ4n) is 0.923. The van der Waals surface area contributed by atoms with Crippen LogP contribution in [0.1, 0.15) is 0 Å². The van der Waals surface area contributed by atoms with Crippen molar-refractivity contribution in [3.8, 4) is 11.8 Å². The minimum Gasteiger partial charge on any atom is -0.424 e. The lowest BCUT2D eigenvalue weighted by Crippen LogP contribution is -2.00. The van der Waals surface area contributed by atoms with E-state index in [9.17, 15) is 0 Å². The predicted octanol–water partition coefficient (Wildman–Crippen LogP) is 0.458. The zero-order valence-corrected chi connectivity index (χ0v) is 7.29. The molecular formula is C9H6BN3O. The van der Waals surface area contributed by atoms with E-state index in [0.717, 1.165) is 0 Å². The van der Waals surface area contributed by atoms with E-state index in [4.69, 9.17) is 12.6 Å². The van der Waals surface area contributed by atoms with Crippen LogP contribution in [0.5, 0.6) is 11.8 Å². The summed E-state index contributed by atoms with van der Waals surface area (Å²) in [6, 6.07) is 7.26. The Labute approximate surface area is 82.4 Å². The standard InChI is InChI=1S/C9H6BN3O/c10-7-1-3-8(4-2-7)14-9-12-5-11-6-13-9/h1-6H. The van der Waals surface area contributed by atoms with Crippen LogP contribution in [0.2, 0.25) is 0 Å². The normalized spacial score (nSPS) is 9.71. The quantitative estimate of drug-likeness (QED) is 0.634. The lowest BCUT2D eigenvalue weighted by Gasteiger charge is -2.02. The minimum atomic E-state index is 0.268. The summed E-state index contributed by atoms with van der Waals surface area (Å²) in [4.78, 5) is 11.3. The van der Waals surface area contributed by atoms with Gasteiger partial charge in [0.15, 0.2) is 0 Å². The third-order valence-electron chi connectivity index (χ3n) is 1.56. The van der Waals surface area contributed by atoms with Gasteiger partial charge in [0, 0.05) is 0 Å². The highest BCUT2D eigenvalue weighted by Gasteiger charge is 1.97. The first-order valence-corrected chi connectivity index (χ1v) is 4.00. The van der Waals surface area contributed by atoms with Crippen LogP contribution in [0.4, 0.5) is 0 Å². The van der Waals surface area contributed by atoms with Crippen LogP contribution in [0.3, 0.4) is 0 Å². The summed E-state index contributed by atoms with van der Waals surface area (Å²) in [5.41, 5.74) is 0.688. The minimum absolute atomic E-state index is 0.268. The van der Waals surface area contributed by atoms with E-state index in [1.807, 2.05) is 0 Å². The monoisotopic (exact) mass is 183 g/mol. The maximum absolute atomic E-state index is 5.52. The molecule has 0 aliphatic rings. The molecule has 5 heteroatoms. The van der Waals surface area contributed by atoms with E-state index >= 15 is 0 Å². The highest BCUT2D eigenvalue weighted by Crippen LogP contribution is 2.13. The van der Waals surface area contributed by atoms with Crippen LogP contribution >= 0.6 is 0 Å². The fourth-order valence-corrected chi connectivity index (χ4v) is 0.923. The molecule has 0 aliphatic carbocycles. The number of ether oxygens (including phenoxy) is 1. The molecule has 0 atom stereocenters. The van der Waals surface area contributed by atoms with E-state index in [1.54, 1.807) is 24.3 Å². The molecule has 2 rings (SSSR count). The van der Waals surface area contributed by atoms with Crippen LogP contribution in [0.15, 0.2) is 36.9 Å². The Bertz CT molecular complexity index is 404. The lowest BCUT2D eigenvalue weighted by molar-refractivity contribution is 0.439. The molecule has 0 fully saturated rings. The zero-order valence-electron chi connectivity index (χ0n) is 7.29. The second-order valence-corrected chi connectivity index (χ2v) is 2.59. The van der Waals surface area contributed by atoms with E-state index in [-0.39, 0.29) is 6.01 Å². The number of rotatable bonds is 2. The van der Waals surface area contributed by atoms with Crippen molar-refractivity contribution in [2.45, 2.75) is 0 Å². The smallest absolute Gasteiger partial charge is 0.324 e. The largest absolute Gasteiger partial charge is 0.424 e. The summed E-state index contributed by atoms with van der Waals surface area (Å²) >= 11 is 0. The Kier molecular flexibility index (Phi) is 2.40. The van der Waals surface area contributed by atoms with E-state index < -0.39 is 0 Å². The molecule has 0 spiro atoms. The summed E-state index contributed by atoms with van der Waals surface area (Å²) < 4.78 is 5.32. The first-order chi connectivity index (χ1) is 6.84. The second-order valence-electron chi connectivity index (χ2n) is 2.59. The number of nitrogens with zero attached hydrogens (tertiary/aromatic N) is 3. The van der Waals surface area contributed by atoms with Gasteiger partial charge in [0.05, 0.1) is 0 Å². The average Bonchev–Trinajstić information content (AvgIpc) is 2.23. The molecule has 0 aliphatic heterocycles. The van der Waals surface area contributed by atoms with Gasteiger partial charge in [-0.15, -0.1) is 0 Å². The summed E-state index contributed by atoms with van der Waals surface area (Å²) in [5, 5.41) is 0. The lowest BCUT2D eigenvalue weighted by atomic mass is 9.97. The number of aromatic nitrogens is 3. The first-order valence-electron chi connectivity index (χ1n) is 4.00. The van der Waals surface area contributed by atoms with Crippen molar-refractivity contribution in [1.82, 2.24) is 15.0 Å². The van der Waals surface area contributed by atoms with Gasteiger partial charge in [-0.1, -0.05) is 17.6 Å². The van der Waals surface area contributed by atoms with Crippen LogP contribution in [0, 0.1) is 0 Å². The summed E-state index contributed by atoms with van der Waals surface area (Å²) in [6.07, 6.45) is 2.75. The average molecular weight is 183 g/mol. The first kappa shape index (κ1) is 8.68. The van der Waals surface area contributed by atoms with Crippen molar-refractivity contribution in [1.29, 1.82) is 0 Å². The van der Waals surface area contributed by atoms with Crippen molar-refractivity contribution in [2.24, 2.45) is 0 Å². The van der Waals surface area contributed by atoms with Gasteiger partial charge in [0.2, 0.25) is 0 Å². The van der Waals surface area contributed by atoms with Crippen molar-refractivity contribution in [2.75, 3.05) is 0 Å². The molecule has 0 saturated heterocycles. The third-order valence-corrected chi connectivity index (χ3v) is 1.56. The van der Waals surface area contributed by atoms with E-state index in [0.29, 0.717) is 11.2 Å². The predicted molar refractivity (Wildman–Crippen MR) is 51.7 cm³/mol. The van der Waals surface area contributed by atoms with Crippen LogP contribution < -0.4 is 10.2 Å². The van der Waals surface area contributed by atoms with Crippen molar-refractivity contribution in [3.63, 3.8) is 0 Å². The molecule has 2 aromatic rings. The molecule has 0 amide bonds. The van der Waals surface area contributed by atoms with Gasteiger partial charge in [-0.25, -0.2) is 4.98 Å². The Morgan fingerprint density at radius 2 is 1.64 bits per heavy atom. The molecule has 1 aromatic heterocycles. The topological polar surface area (TPSA) is 47.9 Å². The molecule has 66 valence electrons. The summed E-state index contributed by atoms with van der Waals surface area (Å²) in [6.45, 7) is 0. The molecule has 14 heavy (non-hydrogen) atoms. The molecule has 0 saturated carbocycles. The second kappa shape index (κ2) is 3.87. The SMILES string of the molecule is [B]c1ccc(Oc2ncncn2)cc1. The maximum Gasteiger partial charge on any atom is 0.324 e. The van der Waals surface area contributed by atoms with Crippen molar-refractivity contribution >= 4 is 13.3 Å². The fraction of sp³-hybridized carbons (Fsp3) is 0. The van der Waals surface area contributed by atoms with Gasteiger partial charge in [0.25, 0.3) is 0 Å². The molecule has 1 heterocycles. The molecule has 2 radical (unpaired) electrons. The third kappa shape index (κ3) is 2.07. The maximum atomic E-state index is 5.52. The van der Waals surface area contributed by atoms with Crippen molar-refractivity contribution in [3.05, 3.63) is 36.9 Å². The van der Waals surface area contributed by atoms with Gasteiger partial charge in [-0.05, 0) is 12.1 Å². The van der Waals surface area contributed by atoms with Crippen molar-refractivity contribution < 1.29 is 4.74 Å². The Hall–Kier alpha value is -1.91. The van der Waals surface area contributed by atoms with E-state index in [1.165, 1.54) is 12.7 Å². The van der Waals surface area contributed by atoms with Gasteiger partial charge in [0.1, 0.15) is 26.3 Å². The molecule has 4 nitrogen and oxygen atoms in total. The number of hydrogen-bond acceptors (Lipinski definition) is 4. The van der Waals surface area contributed by atoms with Crippen LogP contribution in [0.25, 0.3) is 0 Å². The van der Waals surface area contributed by atoms with Gasteiger partial charge < -0.3 is 4.74 Å². The van der Waals surface area contributed by atoms with Gasteiger partial charge >= 0.3 is 6.01 Å². The molecular weight excluding hydrogens is 177 g/mol. The summed E-state index contributed by atoms with van der Waals surface area (Å²) in [7, 11) is 5.52. The van der Waals surface area contributed by atoms with Gasteiger partial charge in [-0.3, -0.25) is 0 Å². The zero-order chi connectivity index (χ0) is 9.80. The van der Waals surface area contributed by atoms with E-state index in [2.05, 4.69) is 15.0 Å². The van der Waals surface area contributed by atoms with Gasteiger partial charge in [-0.2, -0.15) is 9.97 Å². The number of benzene rings is 1. The van der Waals surface area contributed by atoms with Crippen LogP contribution in [-0.4, -0.2) is 22.8 Å². The Morgan fingerprint density at radius 3 is 2.29 bits per heavy atom. The number of hydrogen-bond donors (Lipinski definition) is 0. The Balaban J connectivity index is 2.16.